The van der Waals surface area contributed by atoms with Crippen LogP contribution in [-0.4, -0.2) is 30.1 Å². The Morgan fingerprint density at radius 3 is 2.33 bits per heavy atom. The first-order valence-electron chi connectivity index (χ1n) is 8.84. The summed E-state index contributed by atoms with van der Waals surface area (Å²) >= 11 is 0. The number of ether oxygens (including phenoxy) is 2. The van der Waals surface area contributed by atoms with Crippen LogP contribution >= 0.6 is 0 Å². The van der Waals surface area contributed by atoms with Gasteiger partial charge in [0.1, 0.15) is 5.69 Å². The zero-order chi connectivity index (χ0) is 16.7. The summed E-state index contributed by atoms with van der Waals surface area (Å²) in [7, 11) is 3.02. The van der Waals surface area contributed by atoms with E-state index in [1.807, 2.05) is 0 Å². The SMILES string of the molecule is COc1ncc(NC(=O)CC23CC4CC(CC(C4)C2)C3)c(OC)n1. The average Bonchev–Trinajstić information content (AvgIpc) is 2.53. The third kappa shape index (κ3) is 2.82. The van der Waals surface area contributed by atoms with Gasteiger partial charge >= 0.3 is 6.01 Å². The van der Waals surface area contributed by atoms with Gasteiger partial charge in [-0.15, -0.1) is 0 Å². The molecule has 6 nitrogen and oxygen atoms in total. The molecule has 1 aromatic rings. The number of aromatic nitrogens is 2. The fraction of sp³-hybridized carbons (Fsp3) is 0.722. The second-order valence-electron chi connectivity index (χ2n) is 7.92. The minimum Gasteiger partial charge on any atom is -0.479 e. The molecule has 4 fully saturated rings. The summed E-state index contributed by atoms with van der Waals surface area (Å²) in [4.78, 5) is 20.8. The molecule has 4 bridgehead atoms. The number of rotatable bonds is 5. The highest BCUT2D eigenvalue weighted by atomic mass is 16.5. The fourth-order valence-electron chi connectivity index (χ4n) is 5.73. The molecule has 1 aromatic heterocycles. The molecule has 6 heteroatoms. The third-order valence-electron chi connectivity index (χ3n) is 6.08. The van der Waals surface area contributed by atoms with E-state index < -0.39 is 0 Å². The molecular formula is C18H25N3O3. The first-order chi connectivity index (χ1) is 11.6. The molecule has 0 unspecified atom stereocenters. The maximum Gasteiger partial charge on any atom is 0.319 e. The van der Waals surface area contributed by atoms with E-state index in [0.717, 1.165) is 17.8 Å². The van der Waals surface area contributed by atoms with Gasteiger partial charge in [-0.2, -0.15) is 4.98 Å². The standard InChI is InChI=1S/C18H25N3O3/c1-23-16-14(10-19-17(21-16)24-2)20-15(22)9-18-6-11-3-12(7-18)5-13(4-11)8-18/h10-13H,3-9H2,1-2H3,(H,20,22). The first kappa shape index (κ1) is 15.7. The Labute approximate surface area is 142 Å². The highest BCUT2D eigenvalue weighted by Gasteiger charge is 2.51. The maximum absolute atomic E-state index is 12.7. The van der Waals surface area contributed by atoms with E-state index in [4.69, 9.17) is 9.47 Å². The van der Waals surface area contributed by atoms with E-state index in [9.17, 15) is 4.79 Å². The predicted octanol–water partition coefficient (Wildman–Crippen LogP) is 3.04. The molecule has 24 heavy (non-hydrogen) atoms. The van der Waals surface area contributed by atoms with Crippen LogP contribution in [0.2, 0.25) is 0 Å². The van der Waals surface area contributed by atoms with Gasteiger partial charge in [-0.3, -0.25) is 4.79 Å². The summed E-state index contributed by atoms with van der Waals surface area (Å²) in [6.07, 6.45) is 9.99. The number of anilines is 1. The quantitative estimate of drug-likeness (QED) is 0.898. The van der Waals surface area contributed by atoms with Crippen LogP contribution in [0.3, 0.4) is 0 Å². The van der Waals surface area contributed by atoms with Crippen molar-refractivity contribution in [1.29, 1.82) is 0 Å². The van der Waals surface area contributed by atoms with Gasteiger partial charge in [0.05, 0.1) is 20.4 Å². The van der Waals surface area contributed by atoms with Gasteiger partial charge in [0.25, 0.3) is 0 Å². The Kier molecular flexibility index (Phi) is 3.85. The lowest BCUT2D eigenvalue weighted by molar-refractivity contribution is -0.124. The van der Waals surface area contributed by atoms with Crippen LogP contribution in [-0.2, 0) is 4.79 Å². The Morgan fingerprint density at radius 1 is 1.17 bits per heavy atom. The topological polar surface area (TPSA) is 73.3 Å². The fourth-order valence-corrected chi connectivity index (χ4v) is 5.73. The highest BCUT2D eigenvalue weighted by Crippen LogP contribution is 2.61. The van der Waals surface area contributed by atoms with Gasteiger partial charge in [-0.1, -0.05) is 0 Å². The summed E-state index contributed by atoms with van der Waals surface area (Å²) in [6.45, 7) is 0. The summed E-state index contributed by atoms with van der Waals surface area (Å²) in [6, 6.07) is 0.228. The number of methoxy groups -OCH3 is 2. The number of nitrogens with one attached hydrogen (secondary N) is 1. The average molecular weight is 331 g/mol. The van der Waals surface area contributed by atoms with E-state index in [2.05, 4.69) is 15.3 Å². The Hall–Kier alpha value is -1.85. The largest absolute Gasteiger partial charge is 0.479 e. The number of amides is 1. The van der Waals surface area contributed by atoms with Gasteiger partial charge in [0, 0.05) is 6.42 Å². The van der Waals surface area contributed by atoms with Gasteiger partial charge in [0.2, 0.25) is 11.8 Å². The molecule has 0 spiro atoms. The lowest BCUT2D eigenvalue weighted by atomic mass is 9.49. The lowest BCUT2D eigenvalue weighted by Crippen LogP contribution is -2.47. The minimum atomic E-state index is 0.0454. The molecule has 0 saturated heterocycles. The van der Waals surface area contributed by atoms with Crippen LogP contribution < -0.4 is 14.8 Å². The van der Waals surface area contributed by atoms with Crippen molar-refractivity contribution < 1.29 is 14.3 Å². The molecule has 5 rings (SSSR count). The van der Waals surface area contributed by atoms with Crippen LogP contribution in [0.15, 0.2) is 6.20 Å². The molecule has 4 aliphatic carbocycles. The molecule has 0 aromatic carbocycles. The molecule has 1 amide bonds. The maximum atomic E-state index is 12.7. The van der Waals surface area contributed by atoms with Crippen LogP contribution in [0, 0.1) is 23.2 Å². The van der Waals surface area contributed by atoms with Crippen LogP contribution in [0.4, 0.5) is 5.69 Å². The number of carbonyl (C=O) groups excluding carboxylic acids is 1. The predicted molar refractivity (Wildman–Crippen MR) is 89.0 cm³/mol. The number of carbonyl (C=O) groups is 1. The lowest BCUT2D eigenvalue weighted by Gasteiger charge is -2.56. The molecule has 4 aliphatic rings. The summed E-state index contributed by atoms with van der Waals surface area (Å²) in [5, 5.41) is 2.94. The first-order valence-corrected chi connectivity index (χ1v) is 8.84. The van der Waals surface area contributed by atoms with Crippen LogP contribution in [0.25, 0.3) is 0 Å². The van der Waals surface area contributed by atoms with Crippen molar-refractivity contribution >= 4 is 11.6 Å². The van der Waals surface area contributed by atoms with E-state index in [0.29, 0.717) is 18.0 Å². The molecule has 1 N–H and O–H groups in total. The molecule has 0 radical (unpaired) electrons. The number of hydrogen-bond acceptors (Lipinski definition) is 5. The van der Waals surface area contributed by atoms with Gasteiger partial charge in [0.15, 0.2) is 0 Å². The third-order valence-corrected chi connectivity index (χ3v) is 6.08. The van der Waals surface area contributed by atoms with E-state index >= 15 is 0 Å². The minimum absolute atomic E-state index is 0.0454. The van der Waals surface area contributed by atoms with Crippen molar-refractivity contribution in [3.05, 3.63) is 6.20 Å². The van der Waals surface area contributed by atoms with Crippen molar-refractivity contribution in [3.63, 3.8) is 0 Å². The number of hydrogen-bond donors (Lipinski definition) is 1. The van der Waals surface area contributed by atoms with E-state index in [1.54, 1.807) is 6.20 Å². The summed E-state index contributed by atoms with van der Waals surface area (Å²) < 4.78 is 10.2. The molecular weight excluding hydrogens is 306 g/mol. The second kappa shape index (κ2) is 5.90. The smallest absolute Gasteiger partial charge is 0.319 e. The molecule has 1 heterocycles. The van der Waals surface area contributed by atoms with Crippen LogP contribution in [0.5, 0.6) is 11.9 Å². The van der Waals surface area contributed by atoms with Crippen molar-refractivity contribution in [2.75, 3.05) is 19.5 Å². The summed E-state index contributed by atoms with van der Waals surface area (Å²) in [5.41, 5.74) is 0.729. The Morgan fingerprint density at radius 2 is 1.79 bits per heavy atom. The molecule has 4 saturated carbocycles. The highest BCUT2D eigenvalue weighted by molar-refractivity contribution is 5.92. The zero-order valence-electron chi connectivity index (χ0n) is 14.4. The van der Waals surface area contributed by atoms with Crippen LogP contribution in [0.1, 0.15) is 44.9 Å². The Balaban J connectivity index is 1.46. The van der Waals surface area contributed by atoms with Crippen molar-refractivity contribution in [2.45, 2.75) is 44.9 Å². The summed E-state index contributed by atoms with van der Waals surface area (Å²) in [5.74, 6) is 2.93. The van der Waals surface area contributed by atoms with E-state index in [1.165, 1.54) is 52.7 Å². The molecule has 0 aliphatic heterocycles. The van der Waals surface area contributed by atoms with E-state index in [-0.39, 0.29) is 17.3 Å². The number of nitrogens with zero attached hydrogens (tertiary/aromatic N) is 2. The van der Waals surface area contributed by atoms with Crippen molar-refractivity contribution in [1.82, 2.24) is 9.97 Å². The molecule has 130 valence electrons. The van der Waals surface area contributed by atoms with Gasteiger partial charge in [-0.05, 0) is 61.7 Å². The van der Waals surface area contributed by atoms with Crippen molar-refractivity contribution in [2.24, 2.45) is 23.2 Å². The van der Waals surface area contributed by atoms with Crippen molar-refractivity contribution in [3.8, 4) is 11.9 Å². The van der Waals surface area contributed by atoms with Gasteiger partial charge < -0.3 is 14.8 Å². The van der Waals surface area contributed by atoms with Gasteiger partial charge in [-0.25, -0.2) is 4.98 Å². The monoisotopic (exact) mass is 331 g/mol. The Bertz CT molecular complexity index is 611. The second-order valence-corrected chi connectivity index (χ2v) is 7.92. The molecule has 0 atom stereocenters. The zero-order valence-corrected chi connectivity index (χ0v) is 14.4. The normalized spacial score (nSPS) is 33.3.